The van der Waals surface area contributed by atoms with Gasteiger partial charge in [-0.05, 0) is 43.2 Å². The van der Waals surface area contributed by atoms with Crippen LogP contribution < -0.4 is 10.0 Å². The first kappa shape index (κ1) is 26.6. The van der Waals surface area contributed by atoms with Crippen molar-refractivity contribution in [3.05, 3.63) is 96.1 Å². The van der Waals surface area contributed by atoms with Crippen LogP contribution in [0.4, 0.5) is 0 Å². The molecule has 0 spiro atoms. The van der Waals surface area contributed by atoms with Crippen LogP contribution >= 0.6 is 0 Å². The lowest BCUT2D eigenvalue weighted by Gasteiger charge is -2.22. The average molecular weight is 516 g/mol. The molecule has 3 aromatic carbocycles. The van der Waals surface area contributed by atoms with Gasteiger partial charge in [-0.15, -0.1) is 0 Å². The minimum Gasteiger partial charge on any atom is -0.354 e. The van der Waals surface area contributed by atoms with Crippen LogP contribution in [-0.2, 0) is 31.3 Å². The smallest absolute Gasteiger partial charge is 0.243 e. The summed E-state index contributed by atoms with van der Waals surface area (Å²) in [4.78, 5) is 12.8. The maximum atomic E-state index is 13.2. The second-order valence-corrected chi connectivity index (χ2v) is 11.7. The normalized spacial score (nSPS) is 11.9. The molecule has 10 heteroatoms. The van der Waals surface area contributed by atoms with Crippen LogP contribution in [0.25, 0.3) is 0 Å². The van der Waals surface area contributed by atoms with E-state index in [1.807, 2.05) is 37.3 Å². The summed E-state index contributed by atoms with van der Waals surface area (Å²) in [5.74, 6) is -0.521. The van der Waals surface area contributed by atoms with Gasteiger partial charge >= 0.3 is 0 Å². The minimum atomic E-state index is -3.90. The van der Waals surface area contributed by atoms with Gasteiger partial charge in [-0.1, -0.05) is 66.2 Å². The zero-order valence-electron chi connectivity index (χ0n) is 19.4. The summed E-state index contributed by atoms with van der Waals surface area (Å²) >= 11 is 0. The third-order valence-corrected chi connectivity index (χ3v) is 8.60. The standard InChI is InChI=1S/C25H29N3O5S2/c1-21-12-14-23(15-13-21)34(30,31)27-18-17-26-25(29)20-28(19-16-22-8-4-2-5-9-22)35(32,33)24-10-6-3-7-11-24/h2-15,27H,16-20H2,1H3,(H,26,29). The topological polar surface area (TPSA) is 113 Å². The molecule has 35 heavy (non-hydrogen) atoms. The van der Waals surface area contributed by atoms with E-state index in [1.54, 1.807) is 30.3 Å². The van der Waals surface area contributed by atoms with Crippen LogP contribution in [0.15, 0.2) is 94.7 Å². The molecule has 1 amide bonds. The monoisotopic (exact) mass is 515 g/mol. The highest BCUT2D eigenvalue weighted by Crippen LogP contribution is 2.16. The molecule has 186 valence electrons. The van der Waals surface area contributed by atoms with E-state index in [0.29, 0.717) is 6.42 Å². The fourth-order valence-corrected chi connectivity index (χ4v) is 5.78. The molecule has 2 N–H and O–H groups in total. The summed E-state index contributed by atoms with van der Waals surface area (Å²) in [6.45, 7) is 1.59. The number of amides is 1. The number of rotatable bonds is 12. The number of nitrogens with one attached hydrogen (secondary N) is 2. The summed E-state index contributed by atoms with van der Waals surface area (Å²) < 4.78 is 54.7. The molecule has 8 nitrogen and oxygen atoms in total. The van der Waals surface area contributed by atoms with Crippen molar-refractivity contribution in [1.29, 1.82) is 0 Å². The van der Waals surface area contributed by atoms with E-state index in [0.717, 1.165) is 15.4 Å². The van der Waals surface area contributed by atoms with Crippen molar-refractivity contribution in [2.75, 3.05) is 26.2 Å². The van der Waals surface area contributed by atoms with Crippen LogP contribution in [0.5, 0.6) is 0 Å². The van der Waals surface area contributed by atoms with Crippen LogP contribution in [0.3, 0.4) is 0 Å². The van der Waals surface area contributed by atoms with Crippen molar-refractivity contribution >= 4 is 26.0 Å². The Morgan fingerprint density at radius 1 is 0.771 bits per heavy atom. The van der Waals surface area contributed by atoms with Gasteiger partial charge in [0.2, 0.25) is 26.0 Å². The zero-order valence-corrected chi connectivity index (χ0v) is 21.1. The van der Waals surface area contributed by atoms with Gasteiger partial charge in [0, 0.05) is 19.6 Å². The molecule has 0 unspecified atom stereocenters. The van der Waals surface area contributed by atoms with E-state index >= 15 is 0 Å². The van der Waals surface area contributed by atoms with Gasteiger partial charge in [-0.2, -0.15) is 4.31 Å². The molecule has 0 radical (unpaired) electrons. The first-order valence-corrected chi connectivity index (χ1v) is 14.0. The van der Waals surface area contributed by atoms with E-state index in [2.05, 4.69) is 10.0 Å². The van der Waals surface area contributed by atoms with Crippen LogP contribution in [0, 0.1) is 6.92 Å². The van der Waals surface area contributed by atoms with Crippen LogP contribution in [0.1, 0.15) is 11.1 Å². The third-order valence-electron chi connectivity index (χ3n) is 5.26. The van der Waals surface area contributed by atoms with Gasteiger partial charge in [-0.25, -0.2) is 21.6 Å². The predicted octanol–water partition coefficient (Wildman–Crippen LogP) is 2.32. The third kappa shape index (κ3) is 7.72. The van der Waals surface area contributed by atoms with Crippen molar-refractivity contribution in [2.24, 2.45) is 0 Å². The summed E-state index contributed by atoms with van der Waals surface area (Å²) in [6, 6.07) is 23.8. The van der Waals surface area contributed by atoms with E-state index in [4.69, 9.17) is 0 Å². The fourth-order valence-electron chi connectivity index (χ4n) is 3.33. The Labute approximate surface area is 207 Å². The Hall–Kier alpha value is -3.05. The molecular formula is C25H29N3O5S2. The highest BCUT2D eigenvalue weighted by Gasteiger charge is 2.26. The quantitative estimate of drug-likeness (QED) is 0.360. The van der Waals surface area contributed by atoms with Gasteiger partial charge in [0.05, 0.1) is 16.3 Å². The molecule has 0 aromatic heterocycles. The fraction of sp³-hybridized carbons (Fsp3) is 0.240. The number of carbonyl (C=O) groups excluding carboxylic acids is 1. The first-order valence-electron chi connectivity index (χ1n) is 11.1. The molecule has 0 aliphatic heterocycles. The van der Waals surface area contributed by atoms with Crippen molar-refractivity contribution in [1.82, 2.24) is 14.3 Å². The number of hydrogen-bond acceptors (Lipinski definition) is 5. The molecular weight excluding hydrogens is 486 g/mol. The number of nitrogens with zero attached hydrogens (tertiary/aromatic N) is 1. The molecule has 0 aliphatic rings. The number of carbonyl (C=O) groups is 1. The lowest BCUT2D eigenvalue weighted by Crippen LogP contribution is -2.43. The maximum Gasteiger partial charge on any atom is 0.243 e. The average Bonchev–Trinajstić information content (AvgIpc) is 2.86. The molecule has 0 bridgehead atoms. The van der Waals surface area contributed by atoms with Gasteiger partial charge < -0.3 is 5.32 Å². The molecule has 0 aliphatic carbocycles. The summed E-state index contributed by atoms with van der Waals surface area (Å²) in [5, 5.41) is 2.60. The van der Waals surface area contributed by atoms with Crippen LogP contribution in [-0.4, -0.2) is 53.2 Å². The minimum absolute atomic E-state index is 0.0157. The number of hydrogen-bond donors (Lipinski definition) is 2. The second kappa shape index (κ2) is 12.1. The lowest BCUT2D eigenvalue weighted by molar-refractivity contribution is -0.121. The van der Waals surface area contributed by atoms with E-state index < -0.39 is 26.0 Å². The predicted molar refractivity (Wildman–Crippen MR) is 135 cm³/mol. The van der Waals surface area contributed by atoms with E-state index in [-0.39, 0.29) is 36.0 Å². The molecule has 0 heterocycles. The molecule has 3 rings (SSSR count). The molecule has 0 saturated carbocycles. The second-order valence-electron chi connectivity index (χ2n) is 7.95. The number of sulfonamides is 2. The Balaban J connectivity index is 1.60. The van der Waals surface area contributed by atoms with Gasteiger partial charge in [-0.3, -0.25) is 4.79 Å². The highest BCUT2D eigenvalue weighted by molar-refractivity contribution is 7.89. The molecule has 0 atom stereocenters. The SMILES string of the molecule is Cc1ccc(S(=O)(=O)NCCNC(=O)CN(CCc2ccccc2)S(=O)(=O)c2ccccc2)cc1. The van der Waals surface area contributed by atoms with Gasteiger partial charge in [0.25, 0.3) is 0 Å². The summed E-state index contributed by atoms with van der Waals surface area (Å²) in [5.41, 5.74) is 1.89. The Bertz CT molecular complexity index is 1310. The largest absolute Gasteiger partial charge is 0.354 e. The maximum absolute atomic E-state index is 13.2. The van der Waals surface area contributed by atoms with Crippen LogP contribution in [0.2, 0.25) is 0 Å². The Kier molecular flexibility index (Phi) is 9.16. The van der Waals surface area contributed by atoms with E-state index in [9.17, 15) is 21.6 Å². The van der Waals surface area contributed by atoms with E-state index in [1.165, 1.54) is 24.3 Å². The van der Waals surface area contributed by atoms with Crippen molar-refractivity contribution in [3.63, 3.8) is 0 Å². The van der Waals surface area contributed by atoms with Gasteiger partial charge in [0.1, 0.15) is 0 Å². The molecule has 0 saturated heterocycles. The Morgan fingerprint density at radius 2 is 1.37 bits per heavy atom. The Morgan fingerprint density at radius 3 is 2.00 bits per heavy atom. The highest BCUT2D eigenvalue weighted by atomic mass is 32.2. The zero-order chi connectivity index (χ0) is 25.3. The number of aryl methyl sites for hydroxylation is 1. The summed E-state index contributed by atoms with van der Waals surface area (Å²) in [6.07, 6.45) is 0.441. The first-order chi connectivity index (χ1) is 16.7. The summed E-state index contributed by atoms with van der Waals surface area (Å²) in [7, 11) is -7.60. The number of benzene rings is 3. The van der Waals surface area contributed by atoms with Crippen molar-refractivity contribution < 1.29 is 21.6 Å². The molecule has 0 fully saturated rings. The van der Waals surface area contributed by atoms with Crippen molar-refractivity contribution in [2.45, 2.75) is 23.1 Å². The van der Waals surface area contributed by atoms with Gasteiger partial charge in [0.15, 0.2) is 0 Å². The lowest BCUT2D eigenvalue weighted by atomic mass is 10.1. The van der Waals surface area contributed by atoms with Crippen molar-refractivity contribution in [3.8, 4) is 0 Å². The molecule has 3 aromatic rings.